The summed E-state index contributed by atoms with van der Waals surface area (Å²) in [6, 6.07) is 3.57. The van der Waals surface area contributed by atoms with Crippen molar-refractivity contribution < 1.29 is 13.9 Å². The van der Waals surface area contributed by atoms with Gasteiger partial charge in [-0.25, -0.2) is 4.39 Å². The van der Waals surface area contributed by atoms with Crippen LogP contribution in [0.1, 0.15) is 44.1 Å². The minimum absolute atomic E-state index is 0.241. The number of nitrogens with two attached hydrogens (primary N) is 1. The van der Waals surface area contributed by atoms with Gasteiger partial charge in [-0.2, -0.15) is 0 Å². The second kappa shape index (κ2) is 5.00. The van der Waals surface area contributed by atoms with Gasteiger partial charge in [0.05, 0.1) is 13.2 Å². The molecule has 104 valence electrons. The van der Waals surface area contributed by atoms with Gasteiger partial charge in [0.25, 0.3) is 0 Å². The molecule has 0 unspecified atom stereocenters. The molecule has 2 aliphatic rings. The first-order chi connectivity index (χ1) is 9.21. The molecule has 19 heavy (non-hydrogen) atoms. The molecule has 1 aliphatic carbocycles. The zero-order valence-electron chi connectivity index (χ0n) is 11.1. The summed E-state index contributed by atoms with van der Waals surface area (Å²) in [4.78, 5) is 0. The van der Waals surface area contributed by atoms with Gasteiger partial charge in [0.15, 0.2) is 17.3 Å². The quantitative estimate of drug-likeness (QED) is 0.848. The van der Waals surface area contributed by atoms with E-state index in [1.165, 1.54) is 6.42 Å². The van der Waals surface area contributed by atoms with Crippen LogP contribution in [0.15, 0.2) is 12.1 Å². The first-order valence-corrected chi connectivity index (χ1v) is 7.08. The maximum Gasteiger partial charge on any atom is 0.197 e. The number of benzene rings is 1. The number of hydrogen-bond donors (Lipinski definition) is 1. The van der Waals surface area contributed by atoms with E-state index in [-0.39, 0.29) is 11.6 Å². The molecule has 1 aliphatic heterocycles. The van der Waals surface area contributed by atoms with Crippen molar-refractivity contribution in [3.63, 3.8) is 0 Å². The standard InChI is InChI=1S/C15H20FNO2/c16-13-11(15(17)7-2-1-3-8-15)5-6-12-14(13)19-10-4-9-18-12/h5-6H,1-4,7-10,17H2. The molecule has 1 aromatic carbocycles. The summed E-state index contributed by atoms with van der Waals surface area (Å²) in [6.45, 7) is 1.06. The fourth-order valence-corrected chi connectivity index (χ4v) is 3.04. The van der Waals surface area contributed by atoms with Crippen molar-refractivity contribution in [3.8, 4) is 11.5 Å². The molecular weight excluding hydrogens is 245 g/mol. The number of hydrogen-bond acceptors (Lipinski definition) is 3. The van der Waals surface area contributed by atoms with Gasteiger partial charge in [-0.3, -0.25) is 0 Å². The summed E-state index contributed by atoms with van der Waals surface area (Å²) < 4.78 is 25.7. The van der Waals surface area contributed by atoms with Crippen LogP contribution < -0.4 is 15.2 Å². The van der Waals surface area contributed by atoms with Crippen molar-refractivity contribution in [2.45, 2.75) is 44.1 Å². The Balaban J connectivity index is 2.00. The average molecular weight is 265 g/mol. The maximum absolute atomic E-state index is 14.7. The normalized spacial score (nSPS) is 21.8. The lowest BCUT2D eigenvalue weighted by Crippen LogP contribution is -2.39. The van der Waals surface area contributed by atoms with Crippen molar-refractivity contribution in [3.05, 3.63) is 23.5 Å². The Kier molecular flexibility index (Phi) is 3.35. The third-order valence-electron chi connectivity index (χ3n) is 4.14. The van der Waals surface area contributed by atoms with E-state index in [0.29, 0.717) is 24.5 Å². The van der Waals surface area contributed by atoms with Crippen LogP contribution in [0.5, 0.6) is 11.5 Å². The number of rotatable bonds is 1. The molecule has 0 saturated heterocycles. The van der Waals surface area contributed by atoms with Crippen molar-refractivity contribution in [1.82, 2.24) is 0 Å². The maximum atomic E-state index is 14.7. The summed E-state index contributed by atoms with van der Waals surface area (Å²) in [7, 11) is 0. The van der Waals surface area contributed by atoms with Gasteiger partial charge < -0.3 is 15.2 Å². The molecule has 0 radical (unpaired) electrons. The third kappa shape index (κ3) is 2.29. The van der Waals surface area contributed by atoms with E-state index in [2.05, 4.69) is 0 Å². The zero-order chi connectivity index (χ0) is 13.3. The smallest absolute Gasteiger partial charge is 0.197 e. The Hall–Kier alpha value is -1.29. The number of halogens is 1. The van der Waals surface area contributed by atoms with Crippen molar-refractivity contribution in [2.75, 3.05) is 13.2 Å². The Bertz CT molecular complexity index is 469. The molecule has 4 heteroatoms. The highest BCUT2D eigenvalue weighted by molar-refractivity contribution is 5.47. The van der Waals surface area contributed by atoms with Crippen LogP contribution in [0.4, 0.5) is 4.39 Å². The topological polar surface area (TPSA) is 44.5 Å². The monoisotopic (exact) mass is 265 g/mol. The van der Waals surface area contributed by atoms with Crippen LogP contribution in [-0.2, 0) is 5.54 Å². The van der Waals surface area contributed by atoms with Gasteiger partial charge >= 0.3 is 0 Å². The van der Waals surface area contributed by atoms with E-state index in [4.69, 9.17) is 15.2 Å². The SMILES string of the molecule is NC1(c2ccc3c(c2F)OCCCO3)CCCCC1. The van der Waals surface area contributed by atoms with E-state index in [1.807, 2.05) is 0 Å². The van der Waals surface area contributed by atoms with E-state index >= 15 is 0 Å². The molecular formula is C15H20FNO2. The summed E-state index contributed by atoms with van der Waals surface area (Å²) >= 11 is 0. The van der Waals surface area contributed by atoms with Crippen LogP contribution in [-0.4, -0.2) is 13.2 Å². The van der Waals surface area contributed by atoms with Crippen LogP contribution >= 0.6 is 0 Å². The molecule has 1 saturated carbocycles. The molecule has 2 N–H and O–H groups in total. The molecule has 0 aromatic heterocycles. The van der Waals surface area contributed by atoms with Crippen molar-refractivity contribution in [2.24, 2.45) is 5.73 Å². The Morgan fingerprint density at radius 1 is 1.00 bits per heavy atom. The van der Waals surface area contributed by atoms with Gasteiger partial charge in [0.1, 0.15) is 0 Å². The Labute approximate surface area is 112 Å². The molecule has 0 spiro atoms. The molecule has 0 atom stereocenters. The van der Waals surface area contributed by atoms with E-state index in [0.717, 1.165) is 32.1 Å². The van der Waals surface area contributed by atoms with Gasteiger partial charge in [-0.05, 0) is 18.9 Å². The Morgan fingerprint density at radius 3 is 2.53 bits per heavy atom. The average Bonchev–Trinajstić information content (AvgIpc) is 2.65. The minimum atomic E-state index is -0.549. The lowest BCUT2D eigenvalue weighted by molar-refractivity contribution is 0.276. The summed E-state index contributed by atoms with van der Waals surface area (Å²) in [5.74, 6) is 0.410. The molecule has 3 nitrogen and oxygen atoms in total. The molecule has 1 heterocycles. The minimum Gasteiger partial charge on any atom is -0.489 e. The Morgan fingerprint density at radius 2 is 1.74 bits per heavy atom. The van der Waals surface area contributed by atoms with Gasteiger partial charge in [-0.15, -0.1) is 0 Å². The fraction of sp³-hybridized carbons (Fsp3) is 0.600. The molecule has 1 fully saturated rings. The van der Waals surface area contributed by atoms with Gasteiger partial charge in [-0.1, -0.05) is 25.3 Å². The first-order valence-electron chi connectivity index (χ1n) is 7.08. The predicted octanol–water partition coefficient (Wildman–Crippen LogP) is 3.11. The zero-order valence-corrected chi connectivity index (χ0v) is 11.1. The highest BCUT2D eigenvalue weighted by Crippen LogP contribution is 2.42. The second-order valence-corrected chi connectivity index (χ2v) is 5.52. The summed E-state index contributed by atoms with van der Waals surface area (Å²) in [6.07, 6.45) is 5.75. The van der Waals surface area contributed by atoms with E-state index in [1.54, 1.807) is 12.1 Å². The molecule has 3 rings (SSSR count). The lowest BCUT2D eigenvalue weighted by Gasteiger charge is -2.34. The van der Waals surface area contributed by atoms with Crippen LogP contribution in [0.2, 0.25) is 0 Å². The number of fused-ring (bicyclic) bond motifs is 1. The van der Waals surface area contributed by atoms with Crippen LogP contribution in [0, 0.1) is 5.82 Å². The van der Waals surface area contributed by atoms with Crippen LogP contribution in [0.25, 0.3) is 0 Å². The predicted molar refractivity (Wildman–Crippen MR) is 71.0 cm³/mol. The largest absolute Gasteiger partial charge is 0.489 e. The van der Waals surface area contributed by atoms with E-state index in [9.17, 15) is 4.39 Å². The highest BCUT2D eigenvalue weighted by atomic mass is 19.1. The van der Waals surface area contributed by atoms with E-state index < -0.39 is 5.54 Å². The highest BCUT2D eigenvalue weighted by Gasteiger charge is 2.34. The fourth-order valence-electron chi connectivity index (χ4n) is 3.04. The summed E-state index contributed by atoms with van der Waals surface area (Å²) in [5, 5.41) is 0. The van der Waals surface area contributed by atoms with Gasteiger partial charge in [0.2, 0.25) is 0 Å². The van der Waals surface area contributed by atoms with Crippen LogP contribution in [0.3, 0.4) is 0 Å². The lowest BCUT2D eigenvalue weighted by atomic mass is 9.77. The first kappa shape index (κ1) is 12.7. The molecule has 0 amide bonds. The van der Waals surface area contributed by atoms with Gasteiger partial charge in [0, 0.05) is 17.5 Å². The number of ether oxygens (including phenoxy) is 2. The molecule has 0 bridgehead atoms. The van der Waals surface area contributed by atoms with Crippen molar-refractivity contribution >= 4 is 0 Å². The van der Waals surface area contributed by atoms with Crippen molar-refractivity contribution in [1.29, 1.82) is 0 Å². The molecule has 1 aromatic rings. The third-order valence-corrected chi connectivity index (χ3v) is 4.14. The summed E-state index contributed by atoms with van der Waals surface area (Å²) in [5.41, 5.74) is 6.45. The second-order valence-electron chi connectivity index (χ2n) is 5.52.